The van der Waals surface area contributed by atoms with Gasteiger partial charge in [0, 0.05) is 25.6 Å². The van der Waals surface area contributed by atoms with E-state index in [9.17, 15) is 9.59 Å². The quantitative estimate of drug-likeness (QED) is 0.560. The summed E-state index contributed by atoms with van der Waals surface area (Å²) in [6.07, 6.45) is 5.09. The summed E-state index contributed by atoms with van der Waals surface area (Å²) < 4.78 is 11.2. The fourth-order valence-corrected chi connectivity index (χ4v) is 4.22. The third kappa shape index (κ3) is 8.13. The number of carbonyl (C=O) groups excluding carboxylic acids is 2. The predicted octanol–water partition coefficient (Wildman–Crippen LogP) is 4.49. The Morgan fingerprint density at radius 3 is 2.47 bits per heavy atom. The molecule has 0 radical (unpaired) electrons. The number of hydrogen-bond donors (Lipinski definition) is 0. The molecule has 6 nitrogen and oxygen atoms in total. The van der Waals surface area contributed by atoms with Crippen LogP contribution in [0.2, 0.25) is 0 Å². The standard InChI is InChI=1S/C24H40N2O4/c1-18(2)26(22(27)13-19(3)14-24(4,5)6)17-23(28)25(15-20-9-7-11-29-20)16-21-10-8-12-30-21/h7,9,11,18-19,21H,8,10,12-17H2,1-6H3/t19-,21-/m1/s1. The molecule has 0 aromatic carbocycles. The summed E-state index contributed by atoms with van der Waals surface area (Å²) in [5.41, 5.74) is 0.180. The van der Waals surface area contributed by atoms with Gasteiger partial charge in [-0.1, -0.05) is 27.7 Å². The van der Waals surface area contributed by atoms with Crippen LogP contribution in [0.3, 0.4) is 0 Å². The van der Waals surface area contributed by atoms with Crippen LogP contribution >= 0.6 is 0 Å². The molecule has 30 heavy (non-hydrogen) atoms. The van der Waals surface area contributed by atoms with Crippen molar-refractivity contribution in [3.8, 4) is 0 Å². The van der Waals surface area contributed by atoms with Gasteiger partial charge in [-0.3, -0.25) is 9.59 Å². The van der Waals surface area contributed by atoms with E-state index in [1.54, 1.807) is 16.1 Å². The summed E-state index contributed by atoms with van der Waals surface area (Å²) in [5, 5.41) is 0. The van der Waals surface area contributed by atoms with E-state index in [1.807, 2.05) is 26.0 Å². The Morgan fingerprint density at radius 2 is 1.93 bits per heavy atom. The Kier molecular flexibility index (Phi) is 8.95. The van der Waals surface area contributed by atoms with Crippen LogP contribution < -0.4 is 0 Å². The second-order valence-corrected chi connectivity index (χ2v) is 10.2. The molecule has 0 N–H and O–H groups in total. The van der Waals surface area contributed by atoms with Crippen LogP contribution in [0.4, 0.5) is 0 Å². The lowest BCUT2D eigenvalue weighted by Crippen LogP contribution is -2.47. The predicted molar refractivity (Wildman–Crippen MR) is 118 cm³/mol. The first-order valence-electron chi connectivity index (χ1n) is 11.3. The van der Waals surface area contributed by atoms with E-state index in [1.165, 1.54) is 0 Å². The molecule has 1 saturated heterocycles. The lowest BCUT2D eigenvalue weighted by atomic mass is 9.84. The highest BCUT2D eigenvalue weighted by atomic mass is 16.5. The van der Waals surface area contributed by atoms with E-state index in [0.29, 0.717) is 19.5 Å². The van der Waals surface area contributed by atoms with Gasteiger partial charge < -0.3 is 19.0 Å². The smallest absolute Gasteiger partial charge is 0.242 e. The van der Waals surface area contributed by atoms with E-state index >= 15 is 0 Å². The number of rotatable bonds is 10. The normalized spacial score (nSPS) is 17.9. The van der Waals surface area contributed by atoms with E-state index in [4.69, 9.17) is 9.15 Å². The molecule has 6 heteroatoms. The molecule has 2 atom stereocenters. The monoisotopic (exact) mass is 420 g/mol. The third-order valence-electron chi connectivity index (χ3n) is 5.46. The van der Waals surface area contributed by atoms with Crippen LogP contribution in [-0.2, 0) is 20.9 Å². The zero-order valence-electron chi connectivity index (χ0n) is 19.6. The summed E-state index contributed by atoms with van der Waals surface area (Å²) in [4.78, 5) is 29.7. The number of ether oxygens (including phenoxy) is 1. The fourth-order valence-electron chi connectivity index (χ4n) is 4.22. The summed E-state index contributed by atoms with van der Waals surface area (Å²) in [7, 11) is 0. The van der Waals surface area contributed by atoms with Gasteiger partial charge in [-0.25, -0.2) is 0 Å². The Balaban J connectivity index is 2.03. The highest BCUT2D eigenvalue weighted by Gasteiger charge is 2.28. The number of nitrogens with zero attached hydrogens (tertiary/aromatic N) is 2. The Morgan fingerprint density at radius 1 is 1.20 bits per heavy atom. The van der Waals surface area contributed by atoms with Gasteiger partial charge in [0.15, 0.2) is 0 Å². The second-order valence-electron chi connectivity index (χ2n) is 10.2. The topological polar surface area (TPSA) is 63.0 Å². The SMILES string of the molecule is CC(C)N(CC(=O)N(Cc1ccco1)C[C@H]1CCCO1)C(=O)C[C@@H](C)CC(C)(C)C. The summed E-state index contributed by atoms with van der Waals surface area (Å²) in [5.74, 6) is 1.00. The Bertz CT molecular complexity index is 657. The van der Waals surface area contributed by atoms with E-state index in [-0.39, 0.29) is 41.8 Å². The van der Waals surface area contributed by atoms with Gasteiger partial charge in [-0.2, -0.15) is 0 Å². The maximum atomic E-state index is 13.2. The van der Waals surface area contributed by atoms with Gasteiger partial charge in [0.05, 0.1) is 25.5 Å². The van der Waals surface area contributed by atoms with Crippen molar-refractivity contribution in [1.82, 2.24) is 9.80 Å². The summed E-state index contributed by atoms with van der Waals surface area (Å²) in [6.45, 7) is 14.4. The third-order valence-corrected chi connectivity index (χ3v) is 5.46. The van der Waals surface area contributed by atoms with Crippen molar-refractivity contribution >= 4 is 11.8 Å². The van der Waals surface area contributed by atoms with Gasteiger partial charge in [-0.15, -0.1) is 0 Å². The van der Waals surface area contributed by atoms with Crippen LogP contribution in [0.15, 0.2) is 22.8 Å². The van der Waals surface area contributed by atoms with Crippen LogP contribution in [0.1, 0.15) is 73.0 Å². The van der Waals surface area contributed by atoms with Crippen LogP contribution in [0.25, 0.3) is 0 Å². The van der Waals surface area contributed by atoms with Crippen LogP contribution in [-0.4, -0.2) is 53.5 Å². The van der Waals surface area contributed by atoms with E-state index in [2.05, 4.69) is 27.7 Å². The molecule has 170 valence electrons. The van der Waals surface area contributed by atoms with Gasteiger partial charge in [-0.05, 0) is 56.6 Å². The van der Waals surface area contributed by atoms with Crippen LogP contribution in [0.5, 0.6) is 0 Å². The molecule has 0 aliphatic carbocycles. The first-order valence-corrected chi connectivity index (χ1v) is 11.3. The number of hydrogen-bond acceptors (Lipinski definition) is 4. The number of furan rings is 1. The highest BCUT2D eigenvalue weighted by Crippen LogP contribution is 2.26. The van der Waals surface area contributed by atoms with Gasteiger partial charge >= 0.3 is 0 Å². The summed E-state index contributed by atoms with van der Waals surface area (Å²) in [6, 6.07) is 3.66. The Labute approximate surface area is 181 Å². The zero-order valence-corrected chi connectivity index (χ0v) is 19.6. The Hall–Kier alpha value is -1.82. The molecule has 0 spiro atoms. The lowest BCUT2D eigenvalue weighted by Gasteiger charge is -2.32. The first-order chi connectivity index (χ1) is 14.0. The fraction of sp³-hybridized carbons (Fsp3) is 0.750. The maximum Gasteiger partial charge on any atom is 0.242 e. The highest BCUT2D eigenvalue weighted by molar-refractivity contribution is 5.85. The molecule has 1 aromatic rings. The van der Waals surface area contributed by atoms with Crippen molar-refractivity contribution in [2.75, 3.05) is 19.7 Å². The van der Waals surface area contributed by atoms with Crippen LogP contribution in [0, 0.1) is 11.3 Å². The molecule has 1 aliphatic heterocycles. The molecule has 2 amide bonds. The number of amides is 2. The molecular formula is C24H40N2O4. The van der Waals surface area contributed by atoms with Crippen molar-refractivity contribution in [3.05, 3.63) is 24.2 Å². The largest absolute Gasteiger partial charge is 0.467 e. The molecule has 0 saturated carbocycles. The second kappa shape index (κ2) is 11.0. The summed E-state index contributed by atoms with van der Waals surface area (Å²) >= 11 is 0. The molecule has 1 aliphatic rings. The van der Waals surface area contributed by atoms with Crippen molar-refractivity contribution in [2.45, 2.75) is 85.9 Å². The molecule has 0 bridgehead atoms. The average Bonchev–Trinajstić information content (AvgIpc) is 3.30. The maximum absolute atomic E-state index is 13.2. The molecule has 1 aromatic heterocycles. The molecule has 2 heterocycles. The van der Waals surface area contributed by atoms with Gasteiger partial charge in [0.2, 0.25) is 11.8 Å². The number of carbonyl (C=O) groups is 2. The lowest BCUT2D eigenvalue weighted by molar-refractivity contribution is -0.144. The van der Waals surface area contributed by atoms with Crippen molar-refractivity contribution in [2.24, 2.45) is 11.3 Å². The van der Waals surface area contributed by atoms with Crippen molar-refractivity contribution < 1.29 is 18.7 Å². The molecule has 0 unspecified atom stereocenters. The molecular weight excluding hydrogens is 380 g/mol. The van der Waals surface area contributed by atoms with E-state index < -0.39 is 0 Å². The minimum Gasteiger partial charge on any atom is -0.467 e. The van der Waals surface area contributed by atoms with E-state index in [0.717, 1.165) is 31.6 Å². The minimum absolute atomic E-state index is 0.0310. The zero-order chi connectivity index (χ0) is 22.3. The van der Waals surface area contributed by atoms with Crippen molar-refractivity contribution in [3.63, 3.8) is 0 Å². The van der Waals surface area contributed by atoms with Crippen molar-refractivity contribution in [1.29, 1.82) is 0 Å². The minimum atomic E-state index is -0.0626. The molecule has 2 rings (SSSR count). The first kappa shape index (κ1) is 24.4. The van der Waals surface area contributed by atoms with Gasteiger partial charge in [0.1, 0.15) is 5.76 Å². The van der Waals surface area contributed by atoms with Gasteiger partial charge in [0.25, 0.3) is 0 Å². The average molecular weight is 421 g/mol. The molecule has 1 fully saturated rings.